The molecule has 0 aromatic carbocycles. The molecule has 0 fully saturated rings. The number of anilines is 1. The van der Waals surface area contributed by atoms with Crippen molar-refractivity contribution >= 4 is 28.3 Å². The SMILES string of the molecule is CCC[C@H](O)c1cc(C)c(-c2cc3cnc(NC(C)=O)cc3n3ccnc23)cn1. The van der Waals surface area contributed by atoms with Crippen LogP contribution < -0.4 is 5.32 Å². The third kappa shape index (κ3) is 3.56. The molecule has 1 amide bonds. The third-order valence-corrected chi connectivity index (χ3v) is 4.98. The van der Waals surface area contributed by atoms with Crippen LogP contribution in [-0.4, -0.2) is 30.4 Å². The van der Waals surface area contributed by atoms with Gasteiger partial charge in [0.05, 0.1) is 17.3 Å². The quantitative estimate of drug-likeness (QED) is 0.537. The van der Waals surface area contributed by atoms with Gasteiger partial charge in [-0.3, -0.25) is 14.2 Å². The lowest BCUT2D eigenvalue weighted by Crippen LogP contribution is -2.07. The smallest absolute Gasteiger partial charge is 0.222 e. The lowest BCUT2D eigenvalue weighted by Gasteiger charge is -2.14. The second kappa shape index (κ2) is 7.60. The molecule has 4 heterocycles. The largest absolute Gasteiger partial charge is 0.387 e. The normalized spacial score (nSPS) is 12.4. The van der Waals surface area contributed by atoms with Crippen LogP contribution in [0.15, 0.2) is 43.0 Å². The highest BCUT2D eigenvalue weighted by molar-refractivity contribution is 5.95. The van der Waals surface area contributed by atoms with E-state index >= 15 is 0 Å². The molecule has 7 nitrogen and oxygen atoms in total. The van der Waals surface area contributed by atoms with E-state index in [1.165, 1.54) is 6.92 Å². The predicted molar refractivity (Wildman–Crippen MR) is 113 cm³/mol. The van der Waals surface area contributed by atoms with Gasteiger partial charge in [-0.15, -0.1) is 0 Å². The number of rotatable bonds is 5. The Hall–Kier alpha value is -3.32. The number of aliphatic hydroxyl groups excluding tert-OH is 1. The van der Waals surface area contributed by atoms with E-state index in [1.807, 2.05) is 42.6 Å². The maximum Gasteiger partial charge on any atom is 0.222 e. The first-order valence-corrected chi connectivity index (χ1v) is 9.66. The summed E-state index contributed by atoms with van der Waals surface area (Å²) in [5.41, 5.74) is 5.32. The molecule has 4 aromatic rings. The fourth-order valence-corrected chi connectivity index (χ4v) is 3.60. The first-order valence-electron chi connectivity index (χ1n) is 9.66. The third-order valence-electron chi connectivity index (χ3n) is 4.98. The number of aliphatic hydroxyl groups is 1. The summed E-state index contributed by atoms with van der Waals surface area (Å²) < 4.78 is 1.98. The molecular weight excluding hydrogens is 366 g/mol. The van der Waals surface area contributed by atoms with Crippen molar-refractivity contribution in [2.75, 3.05) is 5.32 Å². The van der Waals surface area contributed by atoms with Crippen molar-refractivity contribution in [2.24, 2.45) is 0 Å². The second-order valence-electron chi connectivity index (χ2n) is 7.22. The zero-order valence-corrected chi connectivity index (χ0v) is 16.7. The zero-order chi connectivity index (χ0) is 20.5. The van der Waals surface area contributed by atoms with Gasteiger partial charge in [0.15, 0.2) is 0 Å². The number of amides is 1. The highest BCUT2D eigenvalue weighted by Gasteiger charge is 2.15. The molecule has 0 aliphatic carbocycles. The summed E-state index contributed by atoms with van der Waals surface area (Å²) in [5.74, 6) is 0.335. The van der Waals surface area contributed by atoms with Crippen LogP contribution in [-0.2, 0) is 4.79 Å². The topological polar surface area (TPSA) is 92.4 Å². The van der Waals surface area contributed by atoms with E-state index in [0.29, 0.717) is 17.9 Å². The fourth-order valence-electron chi connectivity index (χ4n) is 3.60. The van der Waals surface area contributed by atoms with E-state index in [4.69, 9.17) is 0 Å². The Labute approximate surface area is 168 Å². The lowest BCUT2D eigenvalue weighted by atomic mass is 10.00. The Morgan fingerprint density at radius 3 is 2.72 bits per heavy atom. The average molecular weight is 389 g/mol. The van der Waals surface area contributed by atoms with Crippen LogP contribution in [0.2, 0.25) is 0 Å². The van der Waals surface area contributed by atoms with Gasteiger partial charge < -0.3 is 10.4 Å². The number of aryl methyl sites for hydroxylation is 1. The molecule has 0 bridgehead atoms. The lowest BCUT2D eigenvalue weighted by molar-refractivity contribution is -0.114. The summed E-state index contributed by atoms with van der Waals surface area (Å²) >= 11 is 0. The van der Waals surface area contributed by atoms with Crippen LogP contribution in [0, 0.1) is 6.92 Å². The maximum atomic E-state index is 11.4. The molecule has 7 heteroatoms. The number of hydrogen-bond acceptors (Lipinski definition) is 5. The average Bonchev–Trinajstić information content (AvgIpc) is 3.17. The van der Waals surface area contributed by atoms with Crippen LogP contribution in [0.5, 0.6) is 0 Å². The first kappa shape index (κ1) is 19.0. The Kier molecular flexibility index (Phi) is 4.98. The van der Waals surface area contributed by atoms with Crippen LogP contribution in [0.25, 0.3) is 27.7 Å². The number of pyridine rings is 3. The standard InChI is InChI=1S/C22H23N5O2/c1-4-5-20(29)18-8-13(2)17(12-24-18)16-9-15-11-25-21(26-14(3)28)10-19(15)27-7-6-23-22(16)27/h6-12,20,29H,4-5H2,1-3H3,(H,25,26,28)/t20-/m0/s1. The van der Waals surface area contributed by atoms with Crippen molar-refractivity contribution in [1.82, 2.24) is 19.4 Å². The van der Waals surface area contributed by atoms with Gasteiger partial charge in [0.2, 0.25) is 5.91 Å². The van der Waals surface area contributed by atoms with Gasteiger partial charge in [0.25, 0.3) is 0 Å². The van der Waals surface area contributed by atoms with Crippen LogP contribution in [0.4, 0.5) is 5.82 Å². The van der Waals surface area contributed by atoms with Crippen molar-refractivity contribution < 1.29 is 9.90 Å². The van der Waals surface area contributed by atoms with Crippen LogP contribution in [0.3, 0.4) is 0 Å². The second-order valence-corrected chi connectivity index (χ2v) is 7.22. The van der Waals surface area contributed by atoms with Gasteiger partial charge in [0.1, 0.15) is 11.5 Å². The monoisotopic (exact) mass is 389 g/mol. The van der Waals surface area contributed by atoms with E-state index in [-0.39, 0.29) is 5.91 Å². The predicted octanol–water partition coefficient (Wildman–Crippen LogP) is 4.04. The summed E-state index contributed by atoms with van der Waals surface area (Å²) in [6.45, 7) is 5.51. The molecule has 29 heavy (non-hydrogen) atoms. The number of fused-ring (bicyclic) bond motifs is 3. The van der Waals surface area contributed by atoms with E-state index in [0.717, 1.165) is 39.7 Å². The Balaban J connectivity index is 1.86. The minimum absolute atomic E-state index is 0.164. The van der Waals surface area contributed by atoms with E-state index in [2.05, 4.69) is 20.3 Å². The van der Waals surface area contributed by atoms with Crippen molar-refractivity contribution in [3.8, 4) is 11.1 Å². The van der Waals surface area contributed by atoms with Gasteiger partial charge in [0, 0.05) is 54.3 Å². The van der Waals surface area contributed by atoms with Gasteiger partial charge >= 0.3 is 0 Å². The molecular formula is C22H23N5O2. The fraction of sp³-hybridized carbons (Fsp3) is 0.273. The molecule has 1 atom stereocenters. The van der Waals surface area contributed by atoms with E-state index in [9.17, 15) is 9.90 Å². The first-order chi connectivity index (χ1) is 14.0. The Bertz CT molecular complexity index is 1210. The Morgan fingerprint density at radius 1 is 1.17 bits per heavy atom. The summed E-state index contributed by atoms with van der Waals surface area (Å²) in [6, 6.07) is 5.82. The van der Waals surface area contributed by atoms with E-state index < -0.39 is 6.10 Å². The van der Waals surface area contributed by atoms with Crippen molar-refractivity contribution in [3.05, 3.63) is 54.2 Å². The summed E-state index contributed by atoms with van der Waals surface area (Å²) in [4.78, 5) is 24.7. The van der Waals surface area contributed by atoms with E-state index in [1.54, 1.807) is 18.6 Å². The molecule has 0 unspecified atom stereocenters. The summed E-state index contributed by atoms with van der Waals surface area (Å²) in [5, 5.41) is 13.9. The highest BCUT2D eigenvalue weighted by atomic mass is 16.3. The number of aromatic nitrogens is 4. The Morgan fingerprint density at radius 2 is 2.00 bits per heavy atom. The molecule has 0 spiro atoms. The number of carbonyl (C=O) groups is 1. The molecule has 0 saturated carbocycles. The van der Waals surface area contributed by atoms with Crippen molar-refractivity contribution in [2.45, 2.75) is 39.7 Å². The minimum atomic E-state index is -0.549. The molecule has 4 rings (SSSR count). The molecule has 0 radical (unpaired) electrons. The maximum absolute atomic E-state index is 11.4. The molecule has 0 saturated heterocycles. The van der Waals surface area contributed by atoms with Crippen LogP contribution in [0.1, 0.15) is 44.1 Å². The van der Waals surface area contributed by atoms with Gasteiger partial charge in [-0.05, 0) is 31.0 Å². The highest BCUT2D eigenvalue weighted by Crippen LogP contribution is 2.32. The molecule has 148 valence electrons. The van der Waals surface area contributed by atoms with Gasteiger partial charge in [-0.2, -0.15) is 0 Å². The van der Waals surface area contributed by atoms with Crippen LogP contribution >= 0.6 is 0 Å². The number of imidazole rings is 1. The summed E-state index contributed by atoms with van der Waals surface area (Å²) in [6.07, 6.45) is 8.22. The number of nitrogens with zero attached hydrogens (tertiary/aromatic N) is 4. The van der Waals surface area contributed by atoms with Gasteiger partial charge in [-0.1, -0.05) is 13.3 Å². The molecule has 4 aromatic heterocycles. The number of hydrogen-bond donors (Lipinski definition) is 2. The van der Waals surface area contributed by atoms with Gasteiger partial charge in [-0.25, -0.2) is 9.97 Å². The molecule has 2 N–H and O–H groups in total. The van der Waals surface area contributed by atoms with Crippen molar-refractivity contribution in [3.63, 3.8) is 0 Å². The van der Waals surface area contributed by atoms with Crippen molar-refractivity contribution in [1.29, 1.82) is 0 Å². The number of carbonyl (C=O) groups excluding carboxylic acids is 1. The summed E-state index contributed by atoms with van der Waals surface area (Å²) in [7, 11) is 0. The molecule has 0 aliphatic rings. The molecule has 0 aliphatic heterocycles. The minimum Gasteiger partial charge on any atom is -0.387 e. The number of nitrogens with one attached hydrogen (secondary N) is 1. The zero-order valence-electron chi connectivity index (χ0n) is 16.7.